The summed E-state index contributed by atoms with van der Waals surface area (Å²) in [5.41, 5.74) is 6.59. The molecule has 5 aromatic rings. The van der Waals surface area contributed by atoms with E-state index in [1.54, 1.807) is 0 Å². The summed E-state index contributed by atoms with van der Waals surface area (Å²) in [4.78, 5) is 25.3. The summed E-state index contributed by atoms with van der Waals surface area (Å²) in [5, 5.41) is 4.52. The predicted octanol–water partition coefficient (Wildman–Crippen LogP) is 6.66. The Bertz CT molecular complexity index is 1940. The number of hydrogen-bond donors (Lipinski definition) is 0. The van der Waals surface area contributed by atoms with Crippen molar-refractivity contribution in [3.63, 3.8) is 0 Å². The SMILES string of the molecule is CC(C)(C)OC(=O)c1ccc2nc(CN3CCC(c4cccc(OCc5ccn6ncc(C7CC7)c6c5)n4)CC3)n(C[C@@H]3CCO3)c2c1. The molecule has 0 unspecified atom stereocenters. The maximum Gasteiger partial charge on any atom is 0.338 e. The average molecular weight is 649 g/mol. The van der Waals surface area contributed by atoms with Crippen LogP contribution in [-0.2, 0) is 29.2 Å². The lowest BCUT2D eigenvalue weighted by molar-refractivity contribution is -0.0592. The van der Waals surface area contributed by atoms with Gasteiger partial charge in [0.25, 0.3) is 0 Å². The van der Waals surface area contributed by atoms with E-state index in [1.807, 2.05) is 61.9 Å². The standard InChI is InChI=1S/C38H44N6O4/c1-38(2,3)48-37(45)28-9-10-32-34(20-28)43(22-29-14-18-46-29)35(40-32)23-42-15-12-27(13-16-42)31-5-4-6-36(41-31)47-24-25-11-17-44-33(19-25)30(21-39-44)26-7-8-26/h4-6,9-11,17,19-21,26-27,29H,7-8,12-16,18,22-24H2,1-3H3/t29-/m0/s1. The molecule has 48 heavy (non-hydrogen) atoms. The number of rotatable bonds is 10. The van der Waals surface area contributed by atoms with Gasteiger partial charge in [-0.2, -0.15) is 5.10 Å². The zero-order valence-electron chi connectivity index (χ0n) is 28.1. The number of ether oxygens (including phenoxy) is 3. The van der Waals surface area contributed by atoms with Crippen LogP contribution in [0.1, 0.15) is 97.7 Å². The van der Waals surface area contributed by atoms with Crippen molar-refractivity contribution in [1.82, 2.24) is 29.0 Å². The topological polar surface area (TPSA) is 96.0 Å². The van der Waals surface area contributed by atoms with Gasteiger partial charge < -0.3 is 18.8 Å². The number of imidazole rings is 1. The first-order valence-corrected chi connectivity index (χ1v) is 17.4. The smallest absolute Gasteiger partial charge is 0.338 e. The second-order valence-corrected chi connectivity index (χ2v) is 14.6. The maximum absolute atomic E-state index is 12.9. The van der Waals surface area contributed by atoms with E-state index in [1.165, 1.54) is 23.9 Å². The Hall–Kier alpha value is -4.28. The number of likely N-dealkylation sites (tertiary alicyclic amines) is 1. The van der Waals surface area contributed by atoms with Gasteiger partial charge in [0, 0.05) is 36.0 Å². The minimum atomic E-state index is -0.552. The van der Waals surface area contributed by atoms with Crippen LogP contribution in [0.25, 0.3) is 16.6 Å². The molecule has 1 aliphatic carbocycles. The van der Waals surface area contributed by atoms with Crippen LogP contribution < -0.4 is 4.74 Å². The lowest BCUT2D eigenvalue weighted by atomic mass is 9.93. The fraction of sp³-hybridized carbons (Fsp3) is 0.474. The molecule has 0 bridgehead atoms. The largest absolute Gasteiger partial charge is 0.473 e. The van der Waals surface area contributed by atoms with Crippen LogP contribution in [0.15, 0.2) is 60.9 Å². The molecule has 0 amide bonds. The first kappa shape index (κ1) is 31.0. The van der Waals surface area contributed by atoms with E-state index in [4.69, 9.17) is 24.2 Å². The molecule has 0 spiro atoms. The molecular weight excluding hydrogens is 604 g/mol. The number of esters is 1. The molecular formula is C38H44N6O4. The summed E-state index contributed by atoms with van der Waals surface area (Å²) in [5.74, 6) is 2.40. The van der Waals surface area contributed by atoms with E-state index >= 15 is 0 Å². The van der Waals surface area contributed by atoms with Gasteiger partial charge in [0.15, 0.2) is 0 Å². The highest BCUT2D eigenvalue weighted by Gasteiger charge is 2.28. The van der Waals surface area contributed by atoms with E-state index in [0.717, 1.165) is 80.2 Å². The Kier molecular flexibility index (Phi) is 8.16. The third-order valence-electron chi connectivity index (χ3n) is 9.78. The monoisotopic (exact) mass is 648 g/mol. The summed E-state index contributed by atoms with van der Waals surface area (Å²) in [6.45, 7) is 10.3. The predicted molar refractivity (Wildman–Crippen MR) is 182 cm³/mol. The van der Waals surface area contributed by atoms with Crippen LogP contribution in [0.5, 0.6) is 5.88 Å². The molecule has 10 heteroatoms. The van der Waals surface area contributed by atoms with Gasteiger partial charge in [-0.3, -0.25) is 4.90 Å². The maximum atomic E-state index is 12.9. The van der Waals surface area contributed by atoms with Crippen molar-refractivity contribution in [3.05, 3.63) is 89.1 Å². The minimum Gasteiger partial charge on any atom is -0.473 e. The van der Waals surface area contributed by atoms with Crippen LogP contribution in [0.3, 0.4) is 0 Å². The molecule has 0 radical (unpaired) electrons. The summed E-state index contributed by atoms with van der Waals surface area (Å²) in [6.07, 6.45) is 9.80. The summed E-state index contributed by atoms with van der Waals surface area (Å²) >= 11 is 0. The van der Waals surface area contributed by atoms with E-state index in [2.05, 4.69) is 38.8 Å². The van der Waals surface area contributed by atoms with E-state index in [0.29, 0.717) is 29.9 Å². The number of pyridine rings is 2. The highest BCUT2D eigenvalue weighted by Crippen LogP contribution is 2.42. The van der Waals surface area contributed by atoms with E-state index < -0.39 is 5.60 Å². The molecule has 1 atom stereocenters. The van der Waals surface area contributed by atoms with Gasteiger partial charge in [-0.15, -0.1) is 0 Å². The molecule has 1 saturated carbocycles. The second kappa shape index (κ2) is 12.6. The van der Waals surface area contributed by atoms with Crippen LogP contribution in [0.4, 0.5) is 0 Å². The van der Waals surface area contributed by atoms with Crippen LogP contribution in [0.2, 0.25) is 0 Å². The number of fused-ring (bicyclic) bond motifs is 2. The van der Waals surface area contributed by atoms with Crippen LogP contribution >= 0.6 is 0 Å². The van der Waals surface area contributed by atoms with Crippen molar-refractivity contribution in [3.8, 4) is 5.88 Å². The van der Waals surface area contributed by atoms with Crippen molar-refractivity contribution in [1.29, 1.82) is 0 Å². The Balaban J connectivity index is 0.918. The fourth-order valence-corrected chi connectivity index (χ4v) is 6.92. The second-order valence-electron chi connectivity index (χ2n) is 14.6. The molecule has 6 heterocycles. The van der Waals surface area contributed by atoms with Gasteiger partial charge >= 0.3 is 5.97 Å². The summed E-state index contributed by atoms with van der Waals surface area (Å²) < 4.78 is 21.9. The molecule has 3 aliphatic rings. The van der Waals surface area contributed by atoms with E-state index in [-0.39, 0.29) is 12.1 Å². The zero-order valence-corrected chi connectivity index (χ0v) is 28.1. The third-order valence-corrected chi connectivity index (χ3v) is 9.78. The quantitative estimate of drug-likeness (QED) is 0.155. The van der Waals surface area contributed by atoms with Gasteiger partial charge in [0.05, 0.1) is 47.5 Å². The Morgan fingerprint density at radius 1 is 0.958 bits per heavy atom. The van der Waals surface area contributed by atoms with Gasteiger partial charge in [-0.25, -0.2) is 19.3 Å². The number of piperidine rings is 1. The number of nitrogens with zero attached hydrogens (tertiary/aromatic N) is 6. The van der Waals surface area contributed by atoms with Crippen molar-refractivity contribution < 1.29 is 19.0 Å². The number of carbonyl (C=O) groups excluding carboxylic acids is 1. The van der Waals surface area contributed by atoms with E-state index in [9.17, 15) is 4.79 Å². The molecule has 3 fully saturated rings. The van der Waals surface area contributed by atoms with Crippen molar-refractivity contribution >= 4 is 22.5 Å². The average Bonchev–Trinajstić information content (AvgIpc) is 3.72. The minimum absolute atomic E-state index is 0.173. The van der Waals surface area contributed by atoms with Gasteiger partial charge in [0.2, 0.25) is 5.88 Å². The van der Waals surface area contributed by atoms with Gasteiger partial charge in [-0.05, 0) is 114 Å². The first-order chi connectivity index (χ1) is 23.3. The summed E-state index contributed by atoms with van der Waals surface area (Å²) in [6, 6.07) is 16.1. The van der Waals surface area contributed by atoms with Gasteiger partial charge in [0.1, 0.15) is 18.0 Å². The molecule has 2 saturated heterocycles. The van der Waals surface area contributed by atoms with Gasteiger partial charge in [-0.1, -0.05) is 6.07 Å². The lowest BCUT2D eigenvalue weighted by Crippen LogP contribution is -2.35. The highest BCUT2D eigenvalue weighted by molar-refractivity contribution is 5.94. The molecule has 8 rings (SSSR count). The third kappa shape index (κ3) is 6.69. The number of aromatic nitrogens is 5. The molecule has 10 nitrogen and oxygen atoms in total. The fourth-order valence-electron chi connectivity index (χ4n) is 6.92. The number of carbonyl (C=O) groups is 1. The molecule has 1 aromatic carbocycles. The number of hydrogen-bond acceptors (Lipinski definition) is 8. The Morgan fingerprint density at radius 3 is 2.54 bits per heavy atom. The first-order valence-electron chi connectivity index (χ1n) is 17.4. The Labute approximate surface area is 281 Å². The van der Waals surface area contributed by atoms with Crippen molar-refractivity contribution in [2.45, 2.75) is 96.1 Å². The summed E-state index contributed by atoms with van der Waals surface area (Å²) in [7, 11) is 0. The van der Waals surface area contributed by atoms with Crippen LogP contribution in [0, 0.1) is 0 Å². The molecule has 0 N–H and O–H groups in total. The number of benzene rings is 1. The molecule has 2 aliphatic heterocycles. The zero-order chi connectivity index (χ0) is 32.8. The highest BCUT2D eigenvalue weighted by atomic mass is 16.6. The van der Waals surface area contributed by atoms with Crippen molar-refractivity contribution in [2.75, 3.05) is 19.7 Å². The van der Waals surface area contributed by atoms with Crippen molar-refractivity contribution in [2.24, 2.45) is 0 Å². The van der Waals surface area contributed by atoms with Crippen LogP contribution in [-0.4, -0.2) is 66.4 Å². The lowest BCUT2D eigenvalue weighted by Gasteiger charge is -2.32. The molecule has 250 valence electrons. The molecule has 4 aromatic heterocycles. The normalized spacial score (nSPS) is 19.1. The Morgan fingerprint density at radius 2 is 1.79 bits per heavy atom.